The van der Waals surface area contributed by atoms with Gasteiger partial charge in [-0.05, 0) is 36.2 Å². The maximum atomic E-state index is 9.57. The topological polar surface area (TPSA) is 155 Å². The van der Waals surface area contributed by atoms with E-state index in [1.54, 1.807) is 6.20 Å². The summed E-state index contributed by atoms with van der Waals surface area (Å²) in [5.74, 6) is 1.58. The number of aliphatic carboxylic acids is 1. The number of aromatic nitrogens is 3. The molecule has 2 aromatic heterocycles. The van der Waals surface area contributed by atoms with E-state index >= 15 is 0 Å². The van der Waals surface area contributed by atoms with Crippen LogP contribution < -0.4 is 15.5 Å². The van der Waals surface area contributed by atoms with Crippen LogP contribution in [0.25, 0.3) is 10.9 Å². The number of hydrogen-bond acceptors (Lipinski definition) is 10. The number of carboxylic acid groups (broad SMARTS) is 1. The first kappa shape index (κ1) is 31.4. The van der Waals surface area contributed by atoms with Crippen LogP contribution in [0.4, 0.5) is 17.5 Å². The summed E-state index contributed by atoms with van der Waals surface area (Å²) in [7, 11) is 0. The van der Waals surface area contributed by atoms with Gasteiger partial charge >= 0.3 is 0 Å². The Bertz CT molecular complexity index is 1410. The first-order valence-electron chi connectivity index (χ1n) is 14.5. The van der Waals surface area contributed by atoms with E-state index in [2.05, 4.69) is 55.3 Å². The Hall–Kier alpha value is -4.54. The Labute approximate surface area is 252 Å². The highest BCUT2D eigenvalue weighted by Crippen LogP contribution is 2.27. The number of hydrogen-bond donors (Lipinski definition) is 3. The zero-order valence-corrected chi connectivity index (χ0v) is 25.0. The third-order valence-electron chi connectivity index (χ3n) is 7.26. The van der Waals surface area contributed by atoms with Crippen molar-refractivity contribution >= 4 is 40.3 Å². The number of carboxylic acids is 1. The van der Waals surface area contributed by atoms with Gasteiger partial charge in [-0.3, -0.25) is 20.0 Å². The third kappa shape index (κ3) is 8.97. The predicted molar refractivity (Wildman–Crippen MR) is 166 cm³/mol. The van der Waals surface area contributed by atoms with E-state index in [0.717, 1.165) is 81.8 Å². The van der Waals surface area contributed by atoms with Gasteiger partial charge in [-0.25, -0.2) is 9.98 Å². The molecular weight excluding hydrogens is 548 g/mol. The minimum Gasteiger partial charge on any atom is -0.481 e. The smallest absolute Gasteiger partial charge is 0.300 e. The monoisotopic (exact) mass is 588 g/mol. The van der Waals surface area contributed by atoms with E-state index in [4.69, 9.17) is 24.6 Å². The van der Waals surface area contributed by atoms with E-state index in [1.165, 1.54) is 0 Å². The highest BCUT2D eigenvalue weighted by Gasteiger charge is 2.32. The molecular formula is C30H40N10O3. The van der Waals surface area contributed by atoms with Crippen LogP contribution in [0.5, 0.6) is 0 Å². The molecule has 0 aliphatic carbocycles. The number of benzene rings is 1. The minimum atomic E-state index is -0.833. The van der Waals surface area contributed by atoms with Crippen molar-refractivity contribution in [2.45, 2.75) is 26.8 Å². The minimum absolute atomic E-state index is 0.124. The Balaban J connectivity index is 0.000000996. The molecule has 1 atom stereocenters. The normalized spacial score (nSPS) is 17.7. The Kier molecular flexibility index (Phi) is 11.4. The Morgan fingerprint density at radius 2 is 1.93 bits per heavy atom. The number of pyridine rings is 1. The Morgan fingerprint density at radius 1 is 1.14 bits per heavy atom. The van der Waals surface area contributed by atoms with Gasteiger partial charge < -0.3 is 25.0 Å². The highest BCUT2D eigenvalue weighted by atomic mass is 16.5. The van der Waals surface area contributed by atoms with Crippen molar-refractivity contribution in [1.29, 1.82) is 5.26 Å². The van der Waals surface area contributed by atoms with Gasteiger partial charge in [0.25, 0.3) is 5.97 Å². The number of fused-ring (bicyclic) bond motifs is 1. The summed E-state index contributed by atoms with van der Waals surface area (Å²) in [6.45, 7) is 12.9. The van der Waals surface area contributed by atoms with Crippen molar-refractivity contribution in [3.05, 3.63) is 48.8 Å². The summed E-state index contributed by atoms with van der Waals surface area (Å²) in [6, 6.07) is 11.9. The lowest BCUT2D eigenvalue weighted by molar-refractivity contribution is -0.134. The molecule has 4 heterocycles. The van der Waals surface area contributed by atoms with Crippen LogP contribution in [0.2, 0.25) is 0 Å². The zero-order chi connectivity index (χ0) is 30.6. The second-order valence-corrected chi connectivity index (χ2v) is 10.6. The first-order chi connectivity index (χ1) is 20.9. The molecule has 0 amide bonds. The van der Waals surface area contributed by atoms with Gasteiger partial charge in [0.2, 0.25) is 11.9 Å². The molecule has 13 heteroatoms. The number of carbonyl (C=O) groups is 1. The number of ether oxygens (including phenoxy) is 1. The van der Waals surface area contributed by atoms with Gasteiger partial charge in [0.05, 0.1) is 30.5 Å². The van der Waals surface area contributed by atoms with E-state index in [9.17, 15) is 5.26 Å². The summed E-state index contributed by atoms with van der Waals surface area (Å²) >= 11 is 0. The second kappa shape index (κ2) is 15.6. The Morgan fingerprint density at radius 3 is 2.67 bits per heavy atom. The van der Waals surface area contributed by atoms with Crippen molar-refractivity contribution < 1.29 is 14.6 Å². The molecule has 2 saturated heterocycles. The SMILES string of the molecule is CC(=O)O.CC(C)C1CN(c2ccnc(NCCN3CCOCC3)n2)CCN1C(=Nc1cccc2ncccc12)NC#N. The fourth-order valence-electron chi connectivity index (χ4n) is 5.13. The second-order valence-electron chi connectivity index (χ2n) is 10.6. The van der Waals surface area contributed by atoms with E-state index in [0.29, 0.717) is 24.4 Å². The van der Waals surface area contributed by atoms with Crippen LogP contribution in [0.15, 0.2) is 53.8 Å². The average molecular weight is 589 g/mol. The lowest BCUT2D eigenvalue weighted by Crippen LogP contribution is -2.59. The van der Waals surface area contributed by atoms with Crippen molar-refractivity contribution in [2.24, 2.45) is 10.9 Å². The molecule has 3 aromatic rings. The lowest BCUT2D eigenvalue weighted by Gasteiger charge is -2.44. The van der Waals surface area contributed by atoms with Crippen molar-refractivity contribution in [3.8, 4) is 6.19 Å². The van der Waals surface area contributed by atoms with Crippen LogP contribution in [0, 0.1) is 17.4 Å². The third-order valence-corrected chi connectivity index (χ3v) is 7.26. The van der Waals surface area contributed by atoms with Crippen LogP contribution in [-0.4, -0.2) is 107 Å². The molecule has 43 heavy (non-hydrogen) atoms. The molecule has 2 fully saturated rings. The highest BCUT2D eigenvalue weighted by molar-refractivity contribution is 5.94. The largest absolute Gasteiger partial charge is 0.481 e. The molecule has 13 nitrogen and oxygen atoms in total. The summed E-state index contributed by atoms with van der Waals surface area (Å²) < 4.78 is 5.43. The number of anilines is 2. The number of morpholine rings is 1. The molecule has 1 unspecified atom stereocenters. The molecule has 0 spiro atoms. The number of guanidine groups is 1. The molecule has 0 bridgehead atoms. The van der Waals surface area contributed by atoms with E-state index in [-0.39, 0.29) is 6.04 Å². The quantitative estimate of drug-likeness (QED) is 0.161. The van der Waals surface area contributed by atoms with Gasteiger partial charge in [0, 0.05) is 70.5 Å². The lowest BCUT2D eigenvalue weighted by atomic mass is 9.99. The molecule has 0 radical (unpaired) electrons. The summed E-state index contributed by atoms with van der Waals surface area (Å²) in [5, 5.41) is 24.2. The first-order valence-corrected chi connectivity index (χ1v) is 14.5. The number of nitrogens with one attached hydrogen (secondary N) is 2. The van der Waals surface area contributed by atoms with Crippen molar-refractivity contribution in [2.75, 3.05) is 69.2 Å². The van der Waals surface area contributed by atoms with Gasteiger partial charge in [-0.2, -0.15) is 10.2 Å². The number of nitrogens with zero attached hydrogens (tertiary/aromatic N) is 8. The number of nitriles is 1. The maximum absolute atomic E-state index is 9.57. The summed E-state index contributed by atoms with van der Waals surface area (Å²) in [6.07, 6.45) is 5.68. The molecule has 228 valence electrons. The number of piperazine rings is 1. The number of rotatable bonds is 7. The molecule has 2 aliphatic rings. The fourth-order valence-corrected chi connectivity index (χ4v) is 5.13. The standard InChI is InChI=1S/C28H36N10O.C2H4O2/c1-21(2)25-19-37(26-8-10-31-27(35-26)32-11-12-36-15-17-39-18-16-36)13-14-38(25)28(33-20-29)34-24-7-3-6-23-22(24)5-4-9-30-23;1-2(3)4/h3-10,21,25H,11-19H2,1-2H3,(H,33,34)(H,31,32,35);1H3,(H,3,4). The van der Waals surface area contributed by atoms with Gasteiger partial charge in [0.1, 0.15) is 5.82 Å². The van der Waals surface area contributed by atoms with Gasteiger partial charge in [-0.15, -0.1) is 0 Å². The zero-order valence-electron chi connectivity index (χ0n) is 25.0. The van der Waals surface area contributed by atoms with Gasteiger partial charge in [0.15, 0.2) is 6.19 Å². The van der Waals surface area contributed by atoms with Crippen molar-refractivity contribution in [3.63, 3.8) is 0 Å². The average Bonchev–Trinajstić information content (AvgIpc) is 3.01. The van der Waals surface area contributed by atoms with E-state index in [1.807, 2.05) is 42.6 Å². The van der Waals surface area contributed by atoms with Crippen LogP contribution in [-0.2, 0) is 9.53 Å². The molecule has 0 saturated carbocycles. The number of aliphatic imine (C=N–C) groups is 1. The molecule has 3 N–H and O–H groups in total. The fraction of sp³-hybridized carbons (Fsp3) is 0.467. The summed E-state index contributed by atoms with van der Waals surface area (Å²) in [5.41, 5.74) is 1.66. The van der Waals surface area contributed by atoms with Crippen LogP contribution >= 0.6 is 0 Å². The van der Waals surface area contributed by atoms with Crippen LogP contribution in [0.1, 0.15) is 20.8 Å². The maximum Gasteiger partial charge on any atom is 0.300 e. The predicted octanol–water partition coefficient (Wildman–Crippen LogP) is 2.76. The van der Waals surface area contributed by atoms with Crippen LogP contribution in [0.3, 0.4) is 0 Å². The molecule has 2 aliphatic heterocycles. The molecule has 5 rings (SSSR count). The van der Waals surface area contributed by atoms with Crippen molar-refractivity contribution in [1.82, 2.24) is 30.1 Å². The van der Waals surface area contributed by atoms with Gasteiger partial charge in [-0.1, -0.05) is 19.9 Å². The summed E-state index contributed by atoms with van der Waals surface area (Å²) in [4.78, 5) is 34.5. The van der Waals surface area contributed by atoms with E-state index < -0.39 is 5.97 Å². The molecule has 1 aromatic carbocycles.